The van der Waals surface area contributed by atoms with Crippen LogP contribution in [0.5, 0.6) is 0 Å². The first-order chi connectivity index (χ1) is 16.6. The summed E-state index contributed by atoms with van der Waals surface area (Å²) >= 11 is -2.19. The van der Waals surface area contributed by atoms with Crippen molar-refractivity contribution >= 4 is 24.3 Å². The van der Waals surface area contributed by atoms with E-state index < -0.39 is 18.4 Å². The van der Waals surface area contributed by atoms with E-state index in [2.05, 4.69) is 88.7 Å². The van der Waals surface area contributed by atoms with E-state index in [1.165, 1.54) is 69.9 Å². The number of carbonyl (C=O) groups excluding carboxylic acids is 1. The van der Waals surface area contributed by atoms with Gasteiger partial charge in [-0.1, -0.05) is 0 Å². The molecule has 1 rings (SSSR count). The molecule has 0 amide bonds. The van der Waals surface area contributed by atoms with Gasteiger partial charge in [-0.25, -0.2) is 0 Å². The molecule has 0 N–H and O–H groups in total. The van der Waals surface area contributed by atoms with Gasteiger partial charge in [-0.2, -0.15) is 0 Å². The van der Waals surface area contributed by atoms with Crippen molar-refractivity contribution < 1.29 is 9.53 Å². The van der Waals surface area contributed by atoms with Crippen LogP contribution >= 0.6 is 0 Å². The van der Waals surface area contributed by atoms with Crippen molar-refractivity contribution in [2.75, 3.05) is 0 Å². The standard InChI is InChI=1S/C20H25O2.3C4H9.Sn/c1-7-8-9-10-15(2)11-12-19-16(3)13-18(22-17(4)21)14-20(19,5)6;3*1-3-4-2;/h1,7-10,18H,13-14H2,2-6H3;3*1,3-4H2,2H3;/b7-1?,9-8-,15-10+;;;;/t18-;;;;/m1..../s1. The summed E-state index contributed by atoms with van der Waals surface area (Å²) in [6.07, 6.45) is 18.6. The van der Waals surface area contributed by atoms with Gasteiger partial charge in [0.25, 0.3) is 0 Å². The summed E-state index contributed by atoms with van der Waals surface area (Å²) < 4.78 is 12.7. The van der Waals surface area contributed by atoms with E-state index >= 15 is 0 Å². The Hall–Kier alpha value is -1.21. The topological polar surface area (TPSA) is 26.3 Å². The first kappa shape index (κ1) is 31.8. The first-order valence-electron chi connectivity index (χ1n) is 14.0. The molecule has 1 aliphatic rings. The molecule has 0 unspecified atom stereocenters. The number of esters is 1. The van der Waals surface area contributed by atoms with Gasteiger partial charge in [0.15, 0.2) is 0 Å². The van der Waals surface area contributed by atoms with Crippen LogP contribution in [0, 0.1) is 17.3 Å². The van der Waals surface area contributed by atoms with Gasteiger partial charge in [-0.05, 0) is 0 Å². The van der Waals surface area contributed by atoms with Gasteiger partial charge in [-0.3, -0.25) is 4.79 Å². The fourth-order valence-corrected chi connectivity index (χ4v) is 19.4. The van der Waals surface area contributed by atoms with Gasteiger partial charge in [-0.15, -0.1) is 0 Å². The van der Waals surface area contributed by atoms with Crippen LogP contribution in [0.1, 0.15) is 107 Å². The van der Waals surface area contributed by atoms with Crippen molar-refractivity contribution in [3.05, 3.63) is 45.1 Å². The molecule has 35 heavy (non-hydrogen) atoms. The number of hydrogen-bond acceptors (Lipinski definition) is 2. The summed E-state index contributed by atoms with van der Waals surface area (Å²) in [6, 6.07) is 0. The molecule has 0 fully saturated rings. The molecule has 0 aromatic carbocycles. The molecule has 0 saturated heterocycles. The minimum absolute atomic E-state index is 0.0381. The number of allylic oxidation sites excluding steroid dienone is 6. The quantitative estimate of drug-likeness (QED) is 0.0929. The Labute approximate surface area is 221 Å². The second-order valence-corrected chi connectivity index (χ2v) is 24.2. The van der Waals surface area contributed by atoms with E-state index in [4.69, 9.17) is 4.74 Å². The molecule has 0 aliphatic heterocycles. The van der Waals surface area contributed by atoms with Gasteiger partial charge in [0.05, 0.1) is 0 Å². The van der Waals surface area contributed by atoms with Crippen molar-refractivity contribution in [1.29, 1.82) is 0 Å². The first-order valence-corrected chi connectivity index (χ1v) is 21.7. The number of hydrogen-bond donors (Lipinski definition) is 0. The Kier molecular flexibility index (Phi) is 15.0. The Balaban J connectivity index is 2.93. The zero-order valence-corrected chi connectivity index (χ0v) is 26.9. The van der Waals surface area contributed by atoms with Gasteiger partial charge in [0.2, 0.25) is 0 Å². The normalized spacial score (nSPS) is 18.7. The predicted molar refractivity (Wildman–Crippen MR) is 156 cm³/mol. The van der Waals surface area contributed by atoms with Crippen molar-refractivity contribution in [3.8, 4) is 11.8 Å². The van der Waals surface area contributed by atoms with Crippen LogP contribution in [0.4, 0.5) is 0 Å². The molecule has 0 heterocycles. The Morgan fingerprint density at radius 3 is 2.06 bits per heavy atom. The van der Waals surface area contributed by atoms with Crippen molar-refractivity contribution in [2.45, 2.75) is 126 Å². The van der Waals surface area contributed by atoms with Gasteiger partial charge < -0.3 is 4.74 Å². The second-order valence-electron chi connectivity index (χ2n) is 11.2. The molecule has 0 radical (unpaired) electrons. The van der Waals surface area contributed by atoms with E-state index in [9.17, 15) is 4.79 Å². The summed E-state index contributed by atoms with van der Waals surface area (Å²) in [5.74, 6) is 6.62. The fraction of sp³-hybridized carbons (Fsp3) is 0.656. The number of ether oxygens (including phenoxy) is 1. The van der Waals surface area contributed by atoms with Gasteiger partial charge in [0.1, 0.15) is 0 Å². The maximum atomic E-state index is 11.4. The summed E-state index contributed by atoms with van der Waals surface area (Å²) in [4.78, 5) is 11.4. The van der Waals surface area contributed by atoms with E-state index in [0.717, 1.165) is 18.4 Å². The molecule has 3 heteroatoms. The molecular formula is C32H52O2Sn. The third kappa shape index (κ3) is 12.0. The maximum absolute atomic E-state index is 11.4. The van der Waals surface area contributed by atoms with Crippen LogP contribution in [-0.2, 0) is 9.53 Å². The average molecular weight is 587 g/mol. The SMILES string of the molecule is CCC[CH2][Sn](/[CH]=C/C=C\C=C(/C)C#CC1=C(C)C[C@@H](OC(C)=O)CC1(C)C)([CH2]CCC)[CH2]CCC. The van der Waals surface area contributed by atoms with Crippen LogP contribution in [0.2, 0.25) is 13.3 Å². The van der Waals surface area contributed by atoms with Crippen LogP contribution in [-0.4, -0.2) is 30.5 Å². The summed E-state index contributed by atoms with van der Waals surface area (Å²) in [7, 11) is 0. The van der Waals surface area contributed by atoms with E-state index in [-0.39, 0.29) is 17.5 Å². The summed E-state index contributed by atoms with van der Waals surface area (Å²) in [5, 5.41) is 0. The van der Waals surface area contributed by atoms with Crippen molar-refractivity contribution in [1.82, 2.24) is 0 Å². The van der Waals surface area contributed by atoms with Crippen LogP contribution in [0.25, 0.3) is 0 Å². The predicted octanol–water partition coefficient (Wildman–Crippen LogP) is 9.50. The number of rotatable bonds is 13. The molecule has 1 atom stereocenters. The van der Waals surface area contributed by atoms with Gasteiger partial charge in [0, 0.05) is 6.92 Å². The van der Waals surface area contributed by atoms with E-state index in [1.54, 1.807) is 0 Å². The third-order valence-electron chi connectivity index (χ3n) is 7.20. The molecule has 196 valence electrons. The Morgan fingerprint density at radius 2 is 1.57 bits per heavy atom. The van der Waals surface area contributed by atoms with Crippen molar-refractivity contribution in [2.24, 2.45) is 5.41 Å². The van der Waals surface area contributed by atoms with Gasteiger partial charge >= 0.3 is 206 Å². The number of carbonyl (C=O) groups is 1. The molecule has 2 nitrogen and oxygen atoms in total. The number of unbranched alkanes of at least 4 members (excludes halogenated alkanes) is 3. The fourth-order valence-electron chi connectivity index (χ4n) is 5.30. The summed E-state index contributed by atoms with van der Waals surface area (Å²) in [5.41, 5.74) is 3.42. The van der Waals surface area contributed by atoms with Crippen LogP contribution < -0.4 is 0 Å². The average Bonchev–Trinajstić information content (AvgIpc) is 2.78. The third-order valence-corrected chi connectivity index (χ3v) is 21.3. The zero-order valence-electron chi connectivity index (χ0n) is 24.1. The monoisotopic (exact) mass is 588 g/mol. The Bertz CT molecular complexity index is 823. The van der Waals surface area contributed by atoms with E-state index in [0.29, 0.717) is 0 Å². The molecular weight excluding hydrogens is 535 g/mol. The van der Waals surface area contributed by atoms with E-state index in [1.807, 2.05) is 0 Å². The molecule has 0 aromatic rings. The van der Waals surface area contributed by atoms with Crippen molar-refractivity contribution in [3.63, 3.8) is 0 Å². The molecule has 0 spiro atoms. The second kappa shape index (κ2) is 16.5. The molecule has 0 saturated carbocycles. The summed E-state index contributed by atoms with van der Waals surface area (Å²) in [6.45, 7) is 17.1. The van der Waals surface area contributed by atoms with Crippen LogP contribution in [0.3, 0.4) is 0 Å². The molecule has 0 aromatic heterocycles. The zero-order chi connectivity index (χ0) is 26.3. The Morgan fingerprint density at radius 1 is 1.00 bits per heavy atom. The van der Waals surface area contributed by atoms with Crippen LogP contribution in [0.15, 0.2) is 45.1 Å². The molecule has 1 aliphatic carbocycles. The minimum atomic E-state index is -2.19. The molecule has 0 bridgehead atoms.